The molecule has 0 unspecified atom stereocenters. The first-order valence-electron chi connectivity index (χ1n) is 5.02. The second-order valence-corrected chi connectivity index (χ2v) is 5.09. The third-order valence-corrected chi connectivity index (χ3v) is 4.05. The Bertz CT molecular complexity index is 291. The Kier molecular flexibility index (Phi) is 3.08. The minimum absolute atomic E-state index is 0.423. The van der Waals surface area contributed by atoms with E-state index in [-0.39, 0.29) is 0 Å². The zero-order valence-corrected chi connectivity index (χ0v) is 9.20. The van der Waals surface area contributed by atoms with Crippen molar-refractivity contribution in [1.82, 2.24) is 14.8 Å². The second-order valence-electron chi connectivity index (χ2n) is 3.82. The maximum Gasteiger partial charge on any atom is 0.186 e. The van der Waals surface area contributed by atoms with Crippen molar-refractivity contribution in [3.05, 3.63) is 6.33 Å². The van der Waals surface area contributed by atoms with Gasteiger partial charge in [0.15, 0.2) is 5.16 Å². The summed E-state index contributed by atoms with van der Waals surface area (Å²) >= 11 is 1.83. The van der Waals surface area contributed by atoms with Crippen LogP contribution in [0.5, 0.6) is 0 Å². The van der Waals surface area contributed by atoms with Crippen LogP contribution in [0.2, 0.25) is 0 Å². The van der Waals surface area contributed by atoms with Crippen molar-refractivity contribution in [2.24, 2.45) is 12.8 Å². The van der Waals surface area contributed by atoms with Gasteiger partial charge in [0.2, 0.25) is 0 Å². The summed E-state index contributed by atoms with van der Waals surface area (Å²) < 4.78 is 1.83. The molecule has 1 heterocycles. The summed E-state index contributed by atoms with van der Waals surface area (Å²) in [5.74, 6) is 0. The van der Waals surface area contributed by atoms with Crippen LogP contribution in [-0.2, 0) is 7.05 Å². The van der Waals surface area contributed by atoms with E-state index in [1.165, 1.54) is 12.8 Å². The minimum Gasteiger partial charge on any atom is -0.328 e. The lowest BCUT2D eigenvalue weighted by atomic mass is 9.96. The normalized spacial score (nSPS) is 27.9. The first-order valence-corrected chi connectivity index (χ1v) is 5.90. The topological polar surface area (TPSA) is 56.7 Å². The first kappa shape index (κ1) is 9.98. The predicted octanol–water partition coefficient (Wildman–Crippen LogP) is 1.18. The van der Waals surface area contributed by atoms with E-state index in [1.54, 1.807) is 6.33 Å². The second kappa shape index (κ2) is 4.31. The number of thioether (sulfide) groups is 1. The quantitative estimate of drug-likeness (QED) is 0.799. The maximum absolute atomic E-state index is 5.86. The number of aromatic nitrogens is 3. The van der Waals surface area contributed by atoms with Gasteiger partial charge in [-0.3, -0.25) is 0 Å². The molecule has 0 atom stereocenters. The molecule has 1 fully saturated rings. The van der Waals surface area contributed by atoms with Crippen molar-refractivity contribution in [1.29, 1.82) is 0 Å². The molecule has 4 nitrogen and oxygen atoms in total. The molecule has 78 valence electrons. The molecule has 5 heteroatoms. The Hall–Kier alpha value is -0.550. The van der Waals surface area contributed by atoms with Crippen LogP contribution >= 0.6 is 11.8 Å². The van der Waals surface area contributed by atoms with Crippen LogP contribution in [0.25, 0.3) is 0 Å². The molecule has 0 aromatic carbocycles. The Balaban J connectivity index is 1.89. The van der Waals surface area contributed by atoms with E-state index in [4.69, 9.17) is 5.73 Å². The van der Waals surface area contributed by atoms with Gasteiger partial charge in [0.25, 0.3) is 0 Å². The summed E-state index contributed by atoms with van der Waals surface area (Å²) in [6.45, 7) is 0. The van der Waals surface area contributed by atoms with Crippen LogP contribution in [0.4, 0.5) is 0 Å². The molecule has 1 aromatic heterocycles. The molecular formula is C9H16N4S. The summed E-state index contributed by atoms with van der Waals surface area (Å²) in [4.78, 5) is 4.21. The molecule has 2 N–H and O–H groups in total. The molecular weight excluding hydrogens is 196 g/mol. The van der Waals surface area contributed by atoms with Crippen LogP contribution in [0.1, 0.15) is 25.7 Å². The van der Waals surface area contributed by atoms with Gasteiger partial charge in [-0.2, -0.15) is 5.10 Å². The summed E-state index contributed by atoms with van der Waals surface area (Å²) in [6.07, 6.45) is 6.32. The van der Waals surface area contributed by atoms with Crippen LogP contribution in [0.3, 0.4) is 0 Å². The number of hydrogen-bond donors (Lipinski definition) is 1. The minimum atomic E-state index is 0.423. The lowest BCUT2D eigenvalue weighted by Crippen LogP contribution is -2.27. The first-order chi connectivity index (χ1) is 6.75. The average Bonchev–Trinajstić information content (AvgIpc) is 2.56. The molecule has 1 aromatic rings. The third-order valence-electron chi connectivity index (χ3n) is 2.66. The number of aryl methyl sites for hydroxylation is 1. The molecule has 1 saturated carbocycles. The molecule has 1 aliphatic carbocycles. The smallest absolute Gasteiger partial charge is 0.186 e. The molecule has 2 rings (SSSR count). The van der Waals surface area contributed by atoms with Gasteiger partial charge >= 0.3 is 0 Å². The lowest BCUT2D eigenvalue weighted by molar-refractivity contribution is 0.450. The molecule has 0 bridgehead atoms. The highest BCUT2D eigenvalue weighted by Crippen LogP contribution is 2.31. The Morgan fingerprint density at radius 2 is 2.14 bits per heavy atom. The van der Waals surface area contributed by atoms with E-state index in [2.05, 4.69) is 10.1 Å². The van der Waals surface area contributed by atoms with E-state index >= 15 is 0 Å². The van der Waals surface area contributed by atoms with E-state index in [0.29, 0.717) is 11.3 Å². The van der Waals surface area contributed by atoms with E-state index in [0.717, 1.165) is 18.0 Å². The largest absolute Gasteiger partial charge is 0.328 e. The molecule has 14 heavy (non-hydrogen) atoms. The lowest BCUT2D eigenvalue weighted by Gasteiger charge is -2.24. The van der Waals surface area contributed by atoms with E-state index < -0.39 is 0 Å². The Morgan fingerprint density at radius 1 is 1.43 bits per heavy atom. The Labute approximate surface area is 88.3 Å². The van der Waals surface area contributed by atoms with Crippen LogP contribution in [-0.4, -0.2) is 26.1 Å². The van der Waals surface area contributed by atoms with Crippen molar-refractivity contribution in [3.63, 3.8) is 0 Å². The van der Waals surface area contributed by atoms with Crippen molar-refractivity contribution >= 4 is 11.8 Å². The fraction of sp³-hybridized carbons (Fsp3) is 0.778. The molecule has 0 aliphatic heterocycles. The van der Waals surface area contributed by atoms with Gasteiger partial charge in [-0.15, -0.1) is 0 Å². The standard InChI is InChI=1S/C9H16N4S/c1-13-9(11-6-12-13)14-8-4-2-7(10)3-5-8/h6-8H,2-5,10H2,1H3. The van der Waals surface area contributed by atoms with Gasteiger partial charge in [0.05, 0.1) is 0 Å². The number of hydrogen-bond acceptors (Lipinski definition) is 4. The molecule has 1 aliphatic rings. The molecule has 0 radical (unpaired) electrons. The highest BCUT2D eigenvalue weighted by atomic mass is 32.2. The van der Waals surface area contributed by atoms with E-state index in [1.807, 2.05) is 23.5 Å². The zero-order valence-electron chi connectivity index (χ0n) is 8.39. The SMILES string of the molecule is Cn1ncnc1SC1CCC(N)CC1. The van der Waals surface area contributed by atoms with Crippen LogP contribution < -0.4 is 5.73 Å². The van der Waals surface area contributed by atoms with E-state index in [9.17, 15) is 0 Å². The summed E-state index contributed by atoms with van der Waals surface area (Å²) in [6, 6.07) is 0.423. The number of nitrogens with zero attached hydrogens (tertiary/aromatic N) is 3. The van der Waals surface area contributed by atoms with Crippen molar-refractivity contribution < 1.29 is 0 Å². The van der Waals surface area contributed by atoms with Gasteiger partial charge in [-0.05, 0) is 25.7 Å². The van der Waals surface area contributed by atoms with Crippen molar-refractivity contribution in [3.8, 4) is 0 Å². The van der Waals surface area contributed by atoms with Crippen molar-refractivity contribution in [2.45, 2.75) is 42.1 Å². The van der Waals surface area contributed by atoms with Gasteiger partial charge in [0, 0.05) is 18.3 Å². The maximum atomic E-state index is 5.86. The highest BCUT2D eigenvalue weighted by molar-refractivity contribution is 7.99. The summed E-state index contributed by atoms with van der Waals surface area (Å²) in [5.41, 5.74) is 5.86. The molecule has 0 spiro atoms. The fourth-order valence-electron chi connectivity index (χ4n) is 1.75. The fourth-order valence-corrected chi connectivity index (χ4v) is 2.86. The Morgan fingerprint density at radius 3 is 2.71 bits per heavy atom. The molecule has 0 saturated heterocycles. The van der Waals surface area contributed by atoms with Crippen LogP contribution in [0, 0.1) is 0 Å². The highest BCUT2D eigenvalue weighted by Gasteiger charge is 2.20. The number of nitrogens with two attached hydrogens (primary N) is 1. The summed E-state index contributed by atoms with van der Waals surface area (Å²) in [7, 11) is 1.93. The third kappa shape index (κ3) is 2.27. The van der Waals surface area contributed by atoms with Gasteiger partial charge < -0.3 is 5.73 Å². The number of rotatable bonds is 2. The van der Waals surface area contributed by atoms with Crippen molar-refractivity contribution in [2.75, 3.05) is 0 Å². The van der Waals surface area contributed by atoms with Gasteiger partial charge in [-0.25, -0.2) is 9.67 Å². The monoisotopic (exact) mass is 212 g/mol. The van der Waals surface area contributed by atoms with Gasteiger partial charge in [-0.1, -0.05) is 11.8 Å². The molecule has 0 amide bonds. The summed E-state index contributed by atoms with van der Waals surface area (Å²) in [5, 5.41) is 5.75. The zero-order chi connectivity index (χ0) is 9.97. The average molecular weight is 212 g/mol. The predicted molar refractivity (Wildman–Crippen MR) is 57.1 cm³/mol. The van der Waals surface area contributed by atoms with Gasteiger partial charge in [0.1, 0.15) is 6.33 Å². The van der Waals surface area contributed by atoms with Crippen LogP contribution in [0.15, 0.2) is 11.5 Å².